The molecule has 68 heavy (non-hydrogen) atoms. The molecule has 358 valence electrons. The third-order valence-electron chi connectivity index (χ3n) is 13.0. The minimum absolute atomic E-state index is 0.00561. The number of allylic oxidation sites excluding steroid dienone is 1. The first-order valence-corrected chi connectivity index (χ1v) is 24.6. The monoisotopic (exact) mass is 967 g/mol. The van der Waals surface area contributed by atoms with Crippen LogP contribution in [0.15, 0.2) is 89.6 Å². The fraction of sp³-hybridized carbons (Fsp3) is 0.396. The van der Waals surface area contributed by atoms with Crippen molar-refractivity contribution in [1.29, 1.82) is 0 Å². The van der Waals surface area contributed by atoms with Gasteiger partial charge >= 0.3 is 6.03 Å². The summed E-state index contributed by atoms with van der Waals surface area (Å²) in [4.78, 5) is 51.5. The van der Waals surface area contributed by atoms with E-state index in [1.807, 2.05) is 18.2 Å². The number of amides is 3. The first-order chi connectivity index (χ1) is 32.7. The molecule has 1 atom stereocenters. The summed E-state index contributed by atoms with van der Waals surface area (Å²) in [7, 11) is -4.71. The van der Waals surface area contributed by atoms with E-state index < -0.39 is 37.5 Å². The maximum Gasteiger partial charge on any atom is 0.317 e. The second-order valence-corrected chi connectivity index (χ2v) is 20.5. The van der Waals surface area contributed by atoms with Gasteiger partial charge in [-0.05, 0) is 78.6 Å². The normalized spacial score (nSPS) is 18.6. The van der Waals surface area contributed by atoms with Crippen molar-refractivity contribution in [3.8, 4) is 17.2 Å². The standard InChI is InChI=1S/C48H54ClN9O9S/c1-48(2)12-9-33(40(27-48)31-3-5-34(49)6-4-31)29-55-15-17-56(18-16-55)36-7-8-39(42(24-36)67-37-23-32-10-13-50-45(32)52-28-37)46(59)54-68(63,64)38-25-41(58(61)62)44-43(26-38)66-30-35(53-44)11-14-51-47(60)57-19-21-65-22-20-57/h3-8,10,13,23-26,28,35,53H,9,11-12,14-22,27,29-30H2,1-2H3,(H,50,52)(H,51,60)(H,54,59)/t35-/m1/s1. The molecule has 20 heteroatoms. The Hall–Kier alpha value is -6.41. The van der Waals surface area contributed by atoms with Crippen LogP contribution < -0.4 is 29.7 Å². The van der Waals surface area contributed by atoms with E-state index in [1.54, 1.807) is 29.3 Å². The zero-order valence-electron chi connectivity index (χ0n) is 37.9. The maximum atomic E-state index is 14.1. The molecule has 0 saturated carbocycles. The number of hydrogen-bond acceptors (Lipinski definition) is 13. The third kappa shape index (κ3) is 10.7. The fourth-order valence-electron chi connectivity index (χ4n) is 9.17. The number of ether oxygens (including phenoxy) is 3. The van der Waals surface area contributed by atoms with Gasteiger partial charge in [0.25, 0.3) is 21.6 Å². The van der Waals surface area contributed by atoms with Crippen LogP contribution in [-0.4, -0.2) is 123 Å². The lowest BCUT2D eigenvalue weighted by atomic mass is 9.72. The van der Waals surface area contributed by atoms with Gasteiger partial charge in [-0.2, -0.15) is 0 Å². The second-order valence-electron chi connectivity index (χ2n) is 18.3. The van der Waals surface area contributed by atoms with Crippen LogP contribution >= 0.6 is 11.6 Å². The molecule has 3 aliphatic heterocycles. The zero-order chi connectivity index (χ0) is 47.6. The zero-order valence-corrected chi connectivity index (χ0v) is 39.5. The maximum absolute atomic E-state index is 14.1. The Morgan fingerprint density at radius 2 is 1.79 bits per heavy atom. The molecule has 5 heterocycles. The number of sulfonamides is 1. The van der Waals surface area contributed by atoms with Crippen molar-refractivity contribution in [2.24, 2.45) is 5.41 Å². The number of hydrogen-bond donors (Lipinski definition) is 4. The lowest BCUT2D eigenvalue weighted by Gasteiger charge is -2.39. The summed E-state index contributed by atoms with van der Waals surface area (Å²) in [5.41, 5.74) is 5.06. The molecule has 2 saturated heterocycles. The van der Waals surface area contributed by atoms with Crippen LogP contribution in [0.2, 0.25) is 5.02 Å². The van der Waals surface area contributed by atoms with E-state index in [0.29, 0.717) is 57.2 Å². The molecular weight excluding hydrogens is 914 g/mol. The van der Waals surface area contributed by atoms with Crippen molar-refractivity contribution in [2.45, 2.75) is 50.5 Å². The number of nitrogens with zero attached hydrogens (tertiary/aromatic N) is 5. The number of nitro benzene ring substituents is 1. The predicted molar refractivity (Wildman–Crippen MR) is 258 cm³/mol. The van der Waals surface area contributed by atoms with E-state index in [4.69, 9.17) is 25.8 Å². The average molecular weight is 969 g/mol. The Labute approximate surface area is 399 Å². The average Bonchev–Trinajstić information content (AvgIpc) is 3.80. The highest BCUT2D eigenvalue weighted by atomic mass is 35.5. The number of fused-ring (bicyclic) bond motifs is 2. The number of H-pyrrole nitrogens is 1. The van der Waals surface area contributed by atoms with Gasteiger partial charge in [-0.15, -0.1) is 0 Å². The van der Waals surface area contributed by atoms with Gasteiger partial charge in [-0.25, -0.2) is 22.9 Å². The van der Waals surface area contributed by atoms with E-state index in [-0.39, 0.29) is 47.3 Å². The van der Waals surface area contributed by atoms with E-state index >= 15 is 0 Å². The molecule has 5 aromatic rings. The molecule has 2 fully saturated rings. The molecule has 9 rings (SSSR count). The number of rotatable bonds is 13. The number of aromatic amines is 1. The number of pyridine rings is 1. The summed E-state index contributed by atoms with van der Waals surface area (Å²) in [6.07, 6.45) is 6.78. The number of carbonyl (C=O) groups is 2. The number of benzene rings is 3. The van der Waals surface area contributed by atoms with Crippen LogP contribution in [0.1, 0.15) is 55.5 Å². The van der Waals surface area contributed by atoms with Crippen LogP contribution in [0.3, 0.4) is 0 Å². The first kappa shape index (κ1) is 46.7. The molecule has 0 spiro atoms. The van der Waals surface area contributed by atoms with Gasteiger partial charge in [0.2, 0.25) is 0 Å². The Kier molecular flexibility index (Phi) is 13.5. The molecule has 1 aliphatic carbocycles. The highest BCUT2D eigenvalue weighted by molar-refractivity contribution is 7.90. The number of carbonyl (C=O) groups excluding carboxylic acids is 2. The smallest absolute Gasteiger partial charge is 0.317 e. The molecule has 4 aliphatic rings. The quantitative estimate of drug-likeness (QED) is 0.0669. The largest absolute Gasteiger partial charge is 0.489 e. The summed E-state index contributed by atoms with van der Waals surface area (Å²) in [5, 5.41) is 19.8. The minimum Gasteiger partial charge on any atom is -0.489 e. The number of aromatic nitrogens is 2. The van der Waals surface area contributed by atoms with Crippen molar-refractivity contribution >= 4 is 67.2 Å². The lowest BCUT2D eigenvalue weighted by molar-refractivity contribution is -0.384. The third-order valence-corrected chi connectivity index (χ3v) is 14.6. The number of halogens is 1. The van der Waals surface area contributed by atoms with Crippen molar-refractivity contribution in [1.82, 2.24) is 29.8 Å². The summed E-state index contributed by atoms with van der Waals surface area (Å²) >= 11 is 6.25. The van der Waals surface area contributed by atoms with Gasteiger partial charge in [0.05, 0.1) is 40.8 Å². The Balaban J connectivity index is 0.907. The number of nitro groups is 1. The number of nitrogens with one attached hydrogen (secondary N) is 4. The molecule has 4 N–H and O–H groups in total. The van der Waals surface area contributed by atoms with Crippen LogP contribution in [0.4, 0.5) is 21.9 Å². The molecule has 18 nitrogen and oxygen atoms in total. The molecular formula is C48H54ClN9O9S. The van der Waals surface area contributed by atoms with Crippen molar-refractivity contribution < 1.29 is 37.1 Å². The summed E-state index contributed by atoms with van der Waals surface area (Å²) in [6.45, 7) is 10.7. The Morgan fingerprint density at radius 3 is 2.56 bits per heavy atom. The first-order valence-electron chi connectivity index (χ1n) is 22.8. The number of anilines is 2. The van der Waals surface area contributed by atoms with Gasteiger partial charge in [0.1, 0.15) is 23.8 Å². The molecule has 3 amide bonds. The second kappa shape index (κ2) is 19.7. The Bertz CT molecular complexity index is 2860. The van der Waals surface area contributed by atoms with Crippen LogP contribution in [0.25, 0.3) is 16.6 Å². The van der Waals surface area contributed by atoms with E-state index in [0.717, 1.165) is 67.1 Å². The van der Waals surface area contributed by atoms with E-state index in [1.165, 1.54) is 29.0 Å². The summed E-state index contributed by atoms with van der Waals surface area (Å²) in [5.74, 6) is -0.661. The van der Waals surface area contributed by atoms with Crippen LogP contribution in [0.5, 0.6) is 17.2 Å². The molecule has 0 bridgehead atoms. The SMILES string of the molecule is CC1(C)CCC(CN2CCN(c3ccc(C(=O)NS(=O)(=O)c4cc5c(c([N+](=O)[O-])c4)N[C@H](CCNC(=O)N4CCOCC4)CO5)c(Oc4cnc5[nH]ccc5c4)c3)CC2)=C(c2ccc(Cl)cc2)C1. The molecule has 2 aromatic heterocycles. The predicted octanol–water partition coefficient (Wildman–Crippen LogP) is 7.43. The van der Waals surface area contributed by atoms with Gasteiger partial charge in [-0.1, -0.05) is 43.2 Å². The van der Waals surface area contributed by atoms with E-state index in [9.17, 15) is 28.1 Å². The highest BCUT2D eigenvalue weighted by Crippen LogP contribution is 2.44. The van der Waals surface area contributed by atoms with Crippen LogP contribution in [-0.2, 0) is 14.8 Å². The summed E-state index contributed by atoms with van der Waals surface area (Å²) < 4.78 is 47.5. The number of morpholine rings is 1. The molecule has 0 radical (unpaired) electrons. The van der Waals surface area contributed by atoms with Crippen molar-refractivity contribution in [3.05, 3.63) is 111 Å². The molecule has 0 unspecified atom stereocenters. The van der Waals surface area contributed by atoms with Crippen molar-refractivity contribution in [3.63, 3.8) is 0 Å². The van der Waals surface area contributed by atoms with Gasteiger partial charge < -0.3 is 39.6 Å². The lowest BCUT2D eigenvalue weighted by Crippen LogP contribution is -2.47. The molecule has 3 aromatic carbocycles. The van der Waals surface area contributed by atoms with Crippen molar-refractivity contribution in [2.75, 3.05) is 82.4 Å². The Morgan fingerprint density at radius 1 is 1.01 bits per heavy atom. The fourth-order valence-corrected chi connectivity index (χ4v) is 10.3. The summed E-state index contributed by atoms with van der Waals surface area (Å²) in [6, 6.07) is 18.1. The highest BCUT2D eigenvalue weighted by Gasteiger charge is 2.33. The van der Waals surface area contributed by atoms with Gasteiger partial charge in [0.15, 0.2) is 11.4 Å². The van der Waals surface area contributed by atoms with E-state index in [2.05, 4.69) is 61.1 Å². The van der Waals surface area contributed by atoms with Gasteiger partial charge in [0, 0.05) is 92.9 Å². The number of piperazine rings is 1. The topological polar surface area (TPSA) is 214 Å². The number of urea groups is 1. The van der Waals surface area contributed by atoms with Crippen LogP contribution in [0, 0.1) is 15.5 Å². The van der Waals surface area contributed by atoms with Gasteiger partial charge in [-0.3, -0.25) is 19.8 Å². The minimum atomic E-state index is -4.71.